The van der Waals surface area contributed by atoms with E-state index in [0.29, 0.717) is 6.42 Å². The summed E-state index contributed by atoms with van der Waals surface area (Å²) >= 11 is 0. The molecule has 0 radical (unpaired) electrons. The van der Waals surface area contributed by atoms with Crippen LogP contribution < -0.4 is 4.74 Å². The summed E-state index contributed by atoms with van der Waals surface area (Å²) in [5, 5.41) is 0. The standard InChI is InChI=1S/C13H15F2NO4S/c1-16(9-4-5-21(18,19)8-9)13(17)7-20-10-2-3-11(14)12(15)6-10/h2-3,6,9H,4-5,7-8H2,1H3. The number of carbonyl (C=O) groups is 1. The number of amides is 1. The molecule has 0 aliphatic carbocycles. The molecule has 21 heavy (non-hydrogen) atoms. The lowest BCUT2D eigenvalue weighted by Gasteiger charge is -2.23. The van der Waals surface area contributed by atoms with Crippen molar-refractivity contribution >= 4 is 15.7 Å². The lowest BCUT2D eigenvalue weighted by atomic mass is 10.2. The number of nitrogens with zero attached hydrogens (tertiary/aromatic N) is 1. The Balaban J connectivity index is 1.91. The van der Waals surface area contributed by atoms with Crippen LogP contribution in [0, 0.1) is 11.6 Å². The van der Waals surface area contributed by atoms with Gasteiger partial charge in [0.05, 0.1) is 11.5 Å². The minimum absolute atomic E-state index is 0.0368. The molecular formula is C13H15F2NO4S. The summed E-state index contributed by atoms with van der Waals surface area (Å²) in [7, 11) is -1.58. The van der Waals surface area contributed by atoms with E-state index in [9.17, 15) is 22.0 Å². The number of hydrogen-bond acceptors (Lipinski definition) is 4. The van der Waals surface area contributed by atoms with E-state index in [1.54, 1.807) is 0 Å². The molecule has 0 spiro atoms. The quantitative estimate of drug-likeness (QED) is 0.830. The van der Waals surface area contributed by atoms with Crippen molar-refractivity contribution in [2.24, 2.45) is 0 Å². The lowest BCUT2D eigenvalue weighted by Crippen LogP contribution is -2.40. The van der Waals surface area contributed by atoms with Crippen molar-refractivity contribution in [3.8, 4) is 5.75 Å². The molecule has 1 aromatic carbocycles. The number of ether oxygens (including phenoxy) is 1. The smallest absolute Gasteiger partial charge is 0.260 e. The predicted octanol–water partition coefficient (Wildman–Crippen LogP) is 0.989. The number of halogens is 2. The van der Waals surface area contributed by atoms with Gasteiger partial charge in [-0.05, 0) is 18.6 Å². The molecule has 1 aliphatic heterocycles. The summed E-state index contributed by atoms with van der Waals surface area (Å²) in [6, 6.07) is 2.60. The van der Waals surface area contributed by atoms with Gasteiger partial charge in [-0.3, -0.25) is 4.79 Å². The Bertz CT molecular complexity index is 648. The highest BCUT2D eigenvalue weighted by Crippen LogP contribution is 2.18. The minimum atomic E-state index is -3.08. The molecule has 1 saturated heterocycles. The van der Waals surface area contributed by atoms with Crippen LogP contribution in [0.3, 0.4) is 0 Å². The fraction of sp³-hybridized carbons (Fsp3) is 0.462. The Morgan fingerprint density at radius 1 is 1.38 bits per heavy atom. The van der Waals surface area contributed by atoms with Crippen molar-refractivity contribution in [2.45, 2.75) is 12.5 Å². The van der Waals surface area contributed by atoms with E-state index in [1.807, 2.05) is 0 Å². The van der Waals surface area contributed by atoms with E-state index in [-0.39, 0.29) is 29.9 Å². The van der Waals surface area contributed by atoms with Gasteiger partial charge in [0, 0.05) is 19.2 Å². The molecule has 1 unspecified atom stereocenters. The number of rotatable bonds is 4. The number of sulfone groups is 1. The van der Waals surface area contributed by atoms with Gasteiger partial charge in [-0.2, -0.15) is 0 Å². The SMILES string of the molecule is CN(C(=O)COc1ccc(F)c(F)c1)C1CCS(=O)(=O)C1. The molecule has 2 rings (SSSR count). The van der Waals surface area contributed by atoms with Gasteiger partial charge in [0.2, 0.25) is 0 Å². The summed E-state index contributed by atoms with van der Waals surface area (Å²) in [5.74, 6) is -2.42. The number of hydrogen-bond donors (Lipinski definition) is 0. The Morgan fingerprint density at radius 2 is 2.10 bits per heavy atom. The van der Waals surface area contributed by atoms with Crippen LogP contribution in [-0.4, -0.2) is 50.4 Å². The van der Waals surface area contributed by atoms with Crippen LogP contribution in [0.15, 0.2) is 18.2 Å². The minimum Gasteiger partial charge on any atom is -0.484 e. The third kappa shape index (κ3) is 3.90. The molecule has 116 valence electrons. The van der Waals surface area contributed by atoms with Crippen LogP contribution in [0.5, 0.6) is 5.75 Å². The second-order valence-corrected chi connectivity index (χ2v) is 7.15. The molecule has 0 bridgehead atoms. The zero-order chi connectivity index (χ0) is 15.6. The Labute approximate surface area is 121 Å². The van der Waals surface area contributed by atoms with Gasteiger partial charge in [0.1, 0.15) is 5.75 Å². The zero-order valence-corrected chi connectivity index (χ0v) is 12.2. The monoisotopic (exact) mass is 319 g/mol. The normalized spacial score (nSPS) is 20.2. The largest absolute Gasteiger partial charge is 0.484 e. The molecule has 0 N–H and O–H groups in total. The lowest BCUT2D eigenvalue weighted by molar-refractivity contribution is -0.133. The highest BCUT2D eigenvalue weighted by molar-refractivity contribution is 7.91. The van der Waals surface area contributed by atoms with Gasteiger partial charge in [-0.15, -0.1) is 0 Å². The second-order valence-electron chi connectivity index (χ2n) is 4.93. The van der Waals surface area contributed by atoms with Crippen LogP contribution in [0.2, 0.25) is 0 Å². The van der Waals surface area contributed by atoms with Gasteiger partial charge in [-0.25, -0.2) is 17.2 Å². The van der Waals surface area contributed by atoms with E-state index in [2.05, 4.69) is 0 Å². The van der Waals surface area contributed by atoms with Crippen molar-refractivity contribution < 1.29 is 26.7 Å². The van der Waals surface area contributed by atoms with E-state index in [4.69, 9.17) is 4.74 Å². The fourth-order valence-electron chi connectivity index (χ4n) is 2.10. The molecule has 1 atom stereocenters. The maximum absolute atomic E-state index is 13.0. The molecular weight excluding hydrogens is 304 g/mol. The van der Waals surface area contributed by atoms with E-state index < -0.39 is 27.4 Å². The maximum atomic E-state index is 13.0. The van der Waals surface area contributed by atoms with Gasteiger partial charge < -0.3 is 9.64 Å². The Kier molecular flexibility index (Phi) is 4.46. The Morgan fingerprint density at radius 3 is 2.67 bits per heavy atom. The van der Waals surface area contributed by atoms with Gasteiger partial charge >= 0.3 is 0 Å². The fourth-order valence-corrected chi connectivity index (χ4v) is 3.87. The van der Waals surface area contributed by atoms with Crippen LogP contribution >= 0.6 is 0 Å². The number of carbonyl (C=O) groups excluding carboxylic acids is 1. The topological polar surface area (TPSA) is 63.7 Å². The molecule has 1 aromatic rings. The van der Waals surface area contributed by atoms with Crippen molar-refractivity contribution in [1.29, 1.82) is 0 Å². The first-order valence-electron chi connectivity index (χ1n) is 6.32. The average Bonchev–Trinajstić information content (AvgIpc) is 2.79. The average molecular weight is 319 g/mol. The summed E-state index contributed by atoms with van der Waals surface area (Å²) in [4.78, 5) is 13.2. The predicted molar refractivity (Wildman–Crippen MR) is 71.7 cm³/mol. The molecule has 5 nitrogen and oxygen atoms in total. The molecule has 1 amide bonds. The summed E-state index contributed by atoms with van der Waals surface area (Å²) < 4.78 is 53.5. The Hall–Kier alpha value is -1.70. The van der Waals surface area contributed by atoms with Crippen molar-refractivity contribution in [3.63, 3.8) is 0 Å². The number of benzene rings is 1. The van der Waals surface area contributed by atoms with Crippen molar-refractivity contribution in [3.05, 3.63) is 29.8 Å². The van der Waals surface area contributed by atoms with Gasteiger partial charge in [-0.1, -0.05) is 0 Å². The highest BCUT2D eigenvalue weighted by atomic mass is 32.2. The van der Waals surface area contributed by atoms with Gasteiger partial charge in [0.25, 0.3) is 5.91 Å². The van der Waals surface area contributed by atoms with Crippen LogP contribution in [-0.2, 0) is 14.6 Å². The molecule has 1 fully saturated rings. The first kappa shape index (κ1) is 15.7. The summed E-state index contributed by atoms with van der Waals surface area (Å²) in [6.45, 7) is -0.363. The first-order chi connectivity index (χ1) is 9.78. The number of likely N-dealkylation sites (N-methyl/N-ethyl adjacent to an activating group) is 1. The van der Waals surface area contributed by atoms with Crippen LogP contribution in [0.25, 0.3) is 0 Å². The van der Waals surface area contributed by atoms with Crippen LogP contribution in [0.1, 0.15) is 6.42 Å². The third-order valence-electron chi connectivity index (χ3n) is 3.40. The zero-order valence-electron chi connectivity index (χ0n) is 11.4. The third-order valence-corrected chi connectivity index (χ3v) is 5.15. The second kappa shape index (κ2) is 5.97. The van der Waals surface area contributed by atoms with E-state index in [1.165, 1.54) is 18.0 Å². The molecule has 0 aromatic heterocycles. The van der Waals surface area contributed by atoms with E-state index in [0.717, 1.165) is 12.1 Å². The molecule has 1 heterocycles. The molecule has 0 saturated carbocycles. The molecule has 1 aliphatic rings. The van der Waals surface area contributed by atoms with E-state index >= 15 is 0 Å². The molecule has 8 heteroatoms. The first-order valence-corrected chi connectivity index (χ1v) is 8.14. The van der Waals surface area contributed by atoms with Crippen LogP contribution in [0.4, 0.5) is 8.78 Å². The van der Waals surface area contributed by atoms with Crippen molar-refractivity contribution in [2.75, 3.05) is 25.2 Å². The van der Waals surface area contributed by atoms with Gasteiger partial charge in [0.15, 0.2) is 28.1 Å². The maximum Gasteiger partial charge on any atom is 0.260 e. The highest BCUT2D eigenvalue weighted by Gasteiger charge is 2.32. The summed E-state index contributed by atoms with van der Waals surface area (Å²) in [6.07, 6.45) is 0.399. The van der Waals surface area contributed by atoms with Crippen molar-refractivity contribution in [1.82, 2.24) is 4.90 Å². The summed E-state index contributed by atoms with van der Waals surface area (Å²) in [5.41, 5.74) is 0.